The first-order chi connectivity index (χ1) is 8.91. The van der Waals surface area contributed by atoms with Crippen LogP contribution in [-0.4, -0.2) is 28.0 Å². The summed E-state index contributed by atoms with van der Waals surface area (Å²) < 4.78 is 11.0. The lowest BCUT2D eigenvalue weighted by atomic mass is 9.88. The second-order valence-electron chi connectivity index (χ2n) is 6.36. The molecule has 0 aromatic carbocycles. The molecule has 19 heavy (non-hydrogen) atoms. The van der Waals surface area contributed by atoms with Crippen molar-refractivity contribution in [2.75, 3.05) is 6.61 Å². The molecular weight excluding hydrogens is 244 g/mol. The molecule has 1 heterocycles. The predicted molar refractivity (Wildman–Crippen MR) is 70.6 cm³/mol. The smallest absolute Gasteiger partial charge is 0.229 e. The van der Waals surface area contributed by atoms with E-state index in [-0.39, 0.29) is 17.6 Å². The van der Waals surface area contributed by atoms with Crippen LogP contribution in [0.4, 0.5) is 0 Å². The Kier molecular flexibility index (Phi) is 4.26. The molecule has 2 atom stereocenters. The standard InChI is InChI=1S/C14H24N2O3/c1-5-18-12(14(2,3)4)13-15-11(19-16-13)8-10(17)9-6-7-9/h9-10,12,17H,5-8H2,1-4H3. The number of aromatic nitrogens is 2. The first-order valence-corrected chi connectivity index (χ1v) is 7.04. The molecule has 1 saturated carbocycles. The fraction of sp³-hybridized carbons (Fsp3) is 0.857. The van der Waals surface area contributed by atoms with E-state index < -0.39 is 0 Å². The molecule has 5 nitrogen and oxygen atoms in total. The summed E-state index contributed by atoms with van der Waals surface area (Å²) in [5.41, 5.74) is -0.0910. The number of aliphatic hydroxyl groups excluding tert-OH is 1. The zero-order chi connectivity index (χ0) is 14.0. The van der Waals surface area contributed by atoms with Crippen LogP contribution in [0.25, 0.3) is 0 Å². The van der Waals surface area contributed by atoms with Crippen LogP contribution in [0.3, 0.4) is 0 Å². The molecule has 0 spiro atoms. The molecule has 1 N–H and O–H groups in total. The summed E-state index contributed by atoms with van der Waals surface area (Å²) in [5, 5.41) is 13.9. The van der Waals surface area contributed by atoms with E-state index in [2.05, 4.69) is 30.9 Å². The van der Waals surface area contributed by atoms with E-state index in [1.807, 2.05) is 6.92 Å². The maximum atomic E-state index is 9.89. The highest BCUT2D eigenvalue weighted by Crippen LogP contribution is 2.36. The lowest BCUT2D eigenvalue weighted by Crippen LogP contribution is -2.22. The average Bonchev–Trinajstić information content (AvgIpc) is 3.07. The third-order valence-electron chi connectivity index (χ3n) is 3.39. The van der Waals surface area contributed by atoms with Crippen LogP contribution in [0, 0.1) is 11.3 Å². The summed E-state index contributed by atoms with van der Waals surface area (Å²) in [4.78, 5) is 4.38. The Morgan fingerprint density at radius 1 is 1.42 bits per heavy atom. The van der Waals surface area contributed by atoms with E-state index >= 15 is 0 Å². The van der Waals surface area contributed by atoms with Crippen LogP contribution in [0.5, 0.6) is 0 Å². The van der Waals surface area contributed by atoms with Crippen LogP contribution < -0.4 is 0 Å². The molecule has 0 aliphatic heterocycles. The molecule has 1 aliphatic rings. The van der Waals surface area contributed by atoms with Crippen molar-refractivity contribution in [3.05, 3.63) is 11.7 Å². The van der Waals surface area contributed by atoms with E-state index in [4.69, 9.17) is 9.26 Å². The molecule has 2 unspecified atom stereocenters. The van der Waals surface area contributed by atoms with Crippen molar-refractivity contribution in [1.82, 2.24) is 10.1 Å². The lowest BCUT2D eigenvalue weighted by Gasteiger charge is -2.27. The molecule has 0 amide bonds. The molecule has 108 valence electrons. The maximum Gasteiger partial charge on any atom is 0.229 e. The molecule has 1 aromatic rings. The first-order valence-electron chi connectivity index (χ1n) is 7.04. The van der Waals surface area contributed by atoms with Gasteiger partial charge in [-0.15, -0.1) is 0 Å². The molecule has 0 radical (unpaired) electrons. The van der Waals surface area contributed by atoms with Crippen LogP contribution in [0.15, 0.2) is 4.52 Å². The highest BCUT2D eigenvalue weighted by molar-refractivity contribution is 4.98. The Hall–Kier alpha value is -0.940. The number of hydrogen-bond donors (Lipinski definition) is 1. The number of aliphatic hydroxyl groups is 1. The molecule has 1 aromatic heterocycles. The number of nitrogens with zero attached hydrogens (tertiary/aromatic N) is 2. The summed E-state index contributed by atoms with van der Waals surface area (Å²) in [6, 6.07) is 0. The summed E-state index contributed by atoms with van der Waals surface area (Å²) >= 11 is 0. The lowest BCUT2D eigenvalue weighted by molar-refractivity contribution is -0.0203. The van der Waals surface area contributed by atoms with Gasteiger partial charge in [0.2, 0.25) is 11.7 Å². The van der Waals surface area contributed by atoms with Crippen molar-refractivity contribution in [2.24, 2.45) is 11.3 Å². The van der Waals surface area contributed by atoms with Crippen molar-refractivity contribution < 1.29 is 14.4 Å². The van der Waals surface area contributed by atoms with Gasteiger partial charge in [-0.1, -0.05) is 25.9 Å². The number of ether oxygens (including phenoxy) is 1. The van der Waals surface area contributed by atoms with Gasteiger partial charge in [0.25, 0.3) is 0 Å². The molecule has 0 saturated heterocycles. The monoisotopic (exact) mass is 268 g/mol. The molecule has 1 fully saturated rings. The van der Waals surface area contributed by atoms with E-state index in [0.717, 1.165) is 12.8 Å². The quantitative estimate of drug-likeness (QED) is 0.858. The van der Waals surface area contributed by atoms with Gasteiger partial charge in [0.15, 0.2) is 0 Å². The predicted octanol–water partition coefficient (Wildman–Crippen LogP) is 2.51. The molecule has 2 rings (SSSR count). The second kappa shape index (κ2) is 5.59. The van der Waals surface area contributed by atoms with Crippen molar-refractivity contribution in [1.29, 1.82) is 0 Å². The van der Waals surface area contributed by atoms with E-state index in [1.54, 1.807) is 0 Å². The maximum absolute atomic E-state index is 9.89. The SMILES string of the molecule is CCOC(c1noc(CC(O)C2CC2)n1)C(C)(C)C. The Morgan fingerprint density at radius 2 is 2.11 bits per heavy atom. The van der Waals surface area contributed by atoms with Gasteiger partial charge in [-0.2, -0.15) is 4.98 Å². The third kappa shape index (κ3) is 3.76. The summed E-state index contributed by atoms with van der Waals surface area (Å²) in [5.74, 6) is 1.50. The number of hydrogen-bond acceptors (Lipinski definition) is 5. The minimum Gasteiger partial charge on any atom is -0.392 e. The Balaban J connectivity index is 2.04. The van der Waals surface area contributed by atoms with Crippen molar-refractivity contribution in [2.45, 2.75) is 59.2 Å². The minimum atomic E-state index is -0.353. The Morgan fingerprint density at radius 3 is 2.63 bits per heavy atom. The highest BCUT2D eigenvalue weighted by atomic mass is 16.5. The van der Waals surface area contributed by atoms with Gasteiger partial charge in [-0.3, -0.25) is 0 Å². The Labute approximate surface area is 114 Å². The molecule has 5 heteroatoms. The summed E-state index contributed by atoms with van der Waals surface area (Å²) in [7, 11) is 0. The van der Waals surface area contributed by atoms with E-state index in [9.17, 15) is 5.11 Å². The molecular formula is C14H24N2O3. The van der Waals surface area contributed by atoms with Gasteiger partial charge in [-0.25, -0.2) is 0 Å². The largest absolute Gasteiger partial charge is 0.392 e. The van der Waals surface area contributed by atoms with Crippen molar-refractivity contribution in [3.8, 4) is 0 Å². The normalized spacial score (nSPS) is 19.4. The van der Waals surface area contributed by atoms with Crippen molar-refractivity contribution >= 4 is 0 Å². The van der Waals surface area contributed by atoms with Gasteiger partial charge >= 0.3 is 0 Å². The van der Waals surface area contributed by atoms with Gasteiger partial charge in [0, 0.05) is 6.61 Å². The second-order valence-corrected chi connectivity index (χ2v) is 6.36. The van der Waals surface area contributed by atoms with Crippen LogP contribution in [-0.2, 0) is 11.2 Å². The van der Waals surface area contributed by atoms with Gasteiger partial charge in [0.1, 0.15) is 6.10 Å². The highest BCUT2D eigenvalue weighted by Gasteiger charge is 2.33. The fourth-order valence-corrected chi connectivity index (χ4v) is 2.16. The Bertz CT molecular complexity index is 407. The fourth-order valence-electron chi connectivity index (χ4n) is 2.16. The number of rotatable bonds is 6. The molecule has 1 aliphatic carbocycles. The van der Waals surface area contributed by atoms with Gasteiger partial charge < -0.3 is 14.4 Å². The minimum absolute atomic E-state index is 0.0910. The topological polar surface area (TPSA) is 68.4 Å². The zero-order valence-electron chi connectivity index (χ0n) is 12.2. The zero-order valence-corrected chi connectivity index (χ0v) is 12.2. The summed E-state index contributed by atoms with van der Waals surface area (Å²) in [6.45, 7) is 8.82. The van der Waals surface area contributed by atoms with Gasteiger partial charge in [-0.05, 0) is 31.1 Å². The third-order valence-corrected chi connectivity index (χ3v) is 3.39. The van der Waals surface area contributed by atoms with Crippen molar-refractivity contribution in [3.63, 3.8) is 0 Å². The summed E-state index contributed by atoms with van der Waals surface area (Å²) in [6.07, 6.45) is 2.11. The average molecular weight is 268 g/mol. The molecule has 0 bridgehead atoms. The van der Waals surface area contributed by atoms with E-state index in [0.29, 0.717) is 30.7 Å². The van der Waals surface area contributed by atoms with Crippen LogP contribution in [0.1, 0.15) is 58.4 Å². The first kappa shape index (κ1) is 14.5. The van der Waals surface area contributed by atoms with Gasteiger partial charge in [0.05, 0.1) is 12.5 Å². The van der Waals surface area contributed by atoms with Crippen LogP contribution >= 0.6 is 0 Å². The van der Waals surface area contributed by atoms with Crippen LogP contribution in [0.2, 0.25) is 0 Å². The van der Waals surface area contributed by atoms with E-state index in [1.165, 1.54) is 0 Å².